The number of rotatable bonds is 10. The number of amides is 4. The van der Waals surface area contributed by atoms with Crippen LogP contribution >= 0.6 is 24.0 Å². The van der Waals surface area contributed by atoms with Gasteiger partial charge in [-0.15, -0.1) is 12.4 Å². The van der Waals surface area contributed by atoms with Crippen molar-refractivity contribution in [3.05, 3.63) is 98.6 Å². The molecule has 1 aliphatic heterocycles. The first-order valence-electron chi connectivity index (χ1n) is 13.5. The van der Waals surface area contributed by atoms with Crippen LogP contribution in [0.5, 0.6) is 0 Å². The highest BCUT2D eigenvalue weighted by Crippen LogP contribution is 2.38. The van der Waals surface area contributed by atoms with E-state index < -0.39 is 59.5 Å². The number of carbonyl (C=O) groups excluding carboxylic acids is 2. The maximum absolute atomic E-state index is 15.2. The maximum Gasteiger partial charge on any atom is 0.407 e. The summed E-state index contributed by atoms with van der Waals surface area (Å²) in [7, 11) is 3.24. The van der Waals surface area contributed by atoms with Crippen LogP contribution in [-0.2, 0) is 19.6 Å². The van der Waals surface area contributed by atoms with Crippen molar-refractivity contribution in [2.75, 3.05) is 32.1 Å². The van der Waals surface area contributed by atoms with Gasteiger partial charge in [0.1, 0.15) is 23.3 Å². The van der Waals surface area contributed by atoms with E-state index in [4.69, 9.17) is 11.6 Å². The number of anilines is 1. The van der Waals surface area contributed by atoms with Crippen molar-refractivity contribution in [3.8, 4) is 0 Å². The molecule has 0 aliphatic carbocycles. The minimum absolute atomic E-state index is 0. The molecule has 1 aliphatic rings. The largest absolute Gasteiger partial charge is 0.465 e. The normalized spacial score (nSPS) is 14.1. The average Bonchev–Trinajstić information content (AvgIpc) is 2.97. The molecular formula is C30H31Cl2F4N5O4. The number of hydrogen-bond acceptors (Lipinski definition) is 4. The molecule has 0 saturated carbocycles. The summed E-state index contributed by atoms with van der Waals surface area (Å²) >= 11 is 6.60. The molecule has 4 amide bonds. The fourth-order valence-electron chi connectivity index (χ4n) is 4.87. The number of fused-ring (bicyclic) bond motifs is 1. The van der Waals surface area contributed by atoms with Gasteiger partial charge in [0, 0.05) is 55.5 Å². The predicted molar refractivity (Wildman–Crippen MR) is 163 cm³/mol. The zero-order valence-corrected chi connectivity index (χ0v) is 26.0. The Balaban J connectivity index is 0.00000552. The standard InChI is InChI=1S/C30H30ClF4N5O4.ClH/c1-16-20-6-4-17(28(41)37-13-21-24(34)11-19(32)12-25(21)35)10-26(20)40(29(42)38(16)3)15-22-23(33)7-5-18(27(22)31)14-39(30(43)44)9-8-36-2;/h4-7,10-12,16,36H,8-9,13-15H2,1-3H3,(H,37,41)(H,43,44);1H/t16-;/m0./s1. The number of nitrogens with zero attached hydrogens (tertiary/aromatic N) is 3. The first-order valence-corrected chi connectivity index (χ1v) is 13.9. The lowest BCUT2D eigenvalue weighted by molar-refractivity contribution is 0.0950. The van der Waals surface area contributed by atoms with Crippen LogP contribution in [0.1, 0.15) is 45.6 Å². The van der Waals surface area contributed by atoms with Crippen LogP contribution in [0.3, 0.4) is 0 Å². The Bertz CT molecular complexity index is 1590. The highest BCUT2D eigenvalue weighted by atomic mass is 35.5. The lowest BCUT2D eigenvalue weighted by atomic mass is 9.98. The second-order valence-electron chi connectivity index (χ2n) is 10.3. The first kappa shape index (κ1) is 35.4. The summed E-state index contributed by atoms with van der Waals surface area (Å²) in [5.74, 6) is -4.85. The molecule has 0 spiro atoms. The summed E-state index contributed by atoms with van der Waals surface area (Å²) in [5, 5.41) is 14.8. The summed E-state index contributed by atoms with van der Waals surface area (Å²) in [5.41, 5.74) is 0.722. The van der Waals surface area contributed by atoms with Gasteiger partial charge in [0.05, 0.1) is 29.8 Å². The monoisotopic (exact) mass is 671 g/mol. The molecular weight excluding hydrogens is 641 g/mol. The smallest absolute Gasteiger partial charge is 0.407 e. The van der Waals surface area contributed by atoms with Gasteiger partial charge in [-0.2, -0.15) is 0 Å². The van der Waals surface area contributed by atoms with Gasteiger partial charge in [-0.05, 0) is 43.3 Å². The number of hydrogen-bond donors (Lipinski definition) is 3. The van der Waals surface area contributed by atoms with E-state index in [1.807, 2.05) is 0 Å². The lowest BCUT2D eigenvalue weighted by Gasteiger charge is -2.40. The van der Waals surface area contributed by atoms with Gasteiger partial charge < -0.3 is 25.5 Å². The lowest BCUT2D eigenvalue weighted by Crippen LogP contribution is -2.46. The fourth-order valence-corrected chi connectivity index (χ4v) is 5.14. The van der Waals surface area contributed by atoms with Crippen LogP contribution in [0.25, 0.3) is 0 Å². The Hall–Kier alpha value is -4.07. The number of carbonyl (C=O) groups is 3. The molecule has 3 N–H and O–H groups in total. The molecule has 1 heterocycles. The van der Waals surface area contributed by atoms with Gasteiger partial charge >= 0.3 is 12.1 Å². The third kappa shape index (κ3) is 7.60. The molecule has 3 aromatic rings. The maximum atomic E-state index is 15.2. The molecule has 3 aromatic carbocycles. The summed E-state index contributed by atoms with van der Waals surface area (Å²) in [6, 6.07) is 7.10. The van der Waals surface area contributed by atoms with Gasteiger partial charge in [0.25, 0.3) is 5.91 Å². The minimum atomic E-state index is -1.19. The molecule has 0 radical (unpaired) electrons. The van der Waals surface area contributed by atoms with Crippen LogP contribution < -0.4 is 15.5 Å². The van der Waals surface area contributed by atoms with Crippen LogP contribution in [0.2, 0.25) is 5.02 Å². The minimum Gasteiger partial charge on any atom is -0.465 e. The third-order valence-electron chi connectivity index (χ3n) is 7.52. The topological polar surface area (TPSA) is 105 Å². The van der Waals surface area contributed by atoms with Gasteiger partial charge in [-0.3, -0.25) is 9.69 Å². The second kappa shape index (κ2) is 14.8. The van der Waals surface area contributed by atoms with Gasteiger partial charge in [-0.25, -0.2) is 27.2 Å². The average molecular weight is 673 g/mol. The third-order valence-corrected chi connectivity index (χ3v) is 8.00. The molecule has 1 atom stereocenters. The Morgan fingerprint density at radius 3 is 2.31 bits per heavy atom. The molecule has 0 aromatic heterocycles. The Morgan fingerprint density at radius 1 is 1.02 bits per heavy atom. The first-order chi connectivity index (χ1) is 20.8. The molecule has 45 heavy (non-hydrogen) atoms. The van der Waals surface area contributed by atoms with Crippen LogP contribution in [0.4, 0.5) is 32.8 Å². The number of carboxylic acid groups (broad SMARTS) is 1. The Labute approximate surface area is 268 Å². The van der Waals surface area contributed by atoms with Crippen molar-refractivity contribution >= 4 is 47.7 Å². The molecule has 4 rings (SSSR count). The molecule has 0 bridgehead atoms. The van der Waals surface area contributed by atoms with Crippen LogP contribution in [0.15, 0.2) is 42.5 Å². The Kier molecular flexibility index (Phi) is 11.7. The number of halogens is 6. The van der Waals surface area contributed by atoms with E-state index >= 15 is 4.39 Å². The van der Waals surface area contributed by atoms with E-state index in [9.17, 15) is 32.7 Å². The van der Waals surface area contributed by atoms with E-state index in [0.717, 1.165) is 11.0 Å². The highest BCUT2D eigenvalue weighted by molar-refractivity contribution is 6.32. The summed E-state index contributed by atoms with van der Waals surface area (Å²) in [6.07, 6.45) is -1.19. The second-order valence-corrected chi connectivity index (χ2v) is 10.6. The van der Waals surface area contributed by atoms with Gasteiger partial charge in [-0.1, -0.05) is 23.7 Å². The van der Waals surface area contributed by atoms with E-state index in [1.165, 1.54) is 28.0 Å². The van der Waals surface area contributed by atoms with E-state index in [1.54, 1.807) is 27.1 Å². The summed E-state index contributed by atoms with van der Waals surface area (Å²) in [4.78, 5) is 42.0. The molecule has 15 heteroatoms. The zero-order chi connectivity index (χ0) is 32.3. The number of urea groups is 1. The van der Waals surface area contributed by atoms with Crippen LogP contribution in [0, 0.1) is 23.3 Å². The highest BCUT2D eigenvalue weighted by Gasteiger charge is 2.35. The van der Waals surface area contributed by atoms with Crippen molar-refractivity contribution in [2.45, 2.75) is 32.6 Å². The van der Waals surface area contributed by atoms with Crippen molar-refractivity contribution in [1.82, 2.24) is 20.4 Å². The number of likely N-dealkylation sites (N-methyl/N-ethyl adjacent to an activating group) is 1. The quantitative estimate of drug-likeness (QED) is 0.227. The van der Waals surface area contributed by atoms with Gasteiger partial charge in [0.15, 0.2) is 0 Å². The number of nitrogens with one attached hydrogen (secondary N) is 2. The van der Waals surface area contributed by atoms with Crippen molar-refractivity contribution < 1.29 is 37.1 Å². The van der Waals surface area contributed by atoms with Crippen molar-refractivity contribution in [2.24, 2.45) is 0 Å². The number of benzene rings is 3. The summed E-state index contributed by atoms with van der Waals surface area (Å²) in [6.45, 7) is 1.27. The summed E-state index contributed by atoms with van der Waals surface area (Å²) < 4.78 is 56.6. The molecule has 0 saturated heterocycles. The van der Waals surface area contributed by atoms with E-state index in [0.29, 0.717) is 29.8 Å². The van der Waals surface area contributed by atoms with Crippen molar-refractivity contribution in [3.63, 3.8) is 0 Å². The predicted octanol–water partition coefficient (Wildman–Crippen LogP) is 6.08. The van der Waals surface area contributed by atoms with E-state index in [2.05, 4.69) is 10.6 Å². The molecule has 0 fully saturated rings. The molecule has 9 nitrogen and oxygen atoms in total. The van der Waals surface area contributed by atoms with Crippen molar-refractivity contribution in [1.29, 1.82) is 0 Å². The molecule has 0 unspecified atom stereocenters. The Morgan fingerprint density at radius 2 is 1.69 bits per heavy atom. The van der Waals surface area contributed by atoms with Crippen LogP contribution in [-0.4, -0.2) is 60.1 Å². The molecule has 242 valence electrons. The van der Waals surface area contributed by atoms with Gasteiger partial charge in [0.2, 0.25) is 0 Å². The SMILES string of the molecule is CNCCN(Cc1ccc(F)c(CN2C(=O)N(C)[C@@H](C)c3ccc(C(=O)NCc4c(F)cc(F)cc4F)cc32)c1Cl)C(=O)O.Cl. The fraction of sp³-hybridized carbons (Fsp3) is 0.300. The van der Waals surface area contributed by atoms with E-state index in [-0.39, 0.29) is 53.9 Å². The zero-order valence-electron chi connectivity index (χ0n) is 24.5.